The monoisotopic (exact) mass is 357 g/mol. The molecule has 0 amide bonds. The smallest absolute Gasteiger partial charge is 0.148 e. The van der Waals surface area contributed by atoms with Gasteiger partial charge in [-0.25, -0.2) is 4.98 Å². The van der Waals surface area contributed by atoms with E-state index in [4.69, 9.17) is 0 Å². The molecule has 0 unspecified atom stereocenters. The fourth-order valence-electron chi connectivity index (χ4n) is 3.01. The first-order valence-corrected chi connectivity index (χ1v) is 9.08. The van der Waals surface area contributed by atoms with Gasteiger partial charge in [-0.05, 0) is 49.2 Å². The zero-order valence-corrected chi connectivity index (χ0v) is 14.7. The van der Waals surface area contributed by atoms with Crippen molar-refractivity contribution in [1.29, 1.82) is 0 Å². The number of fused-ring (bicyclic) bond motifs is 1. The van der Waals surface area contributed by atoms with Crippen LogP contribution in [0.4, 0.5) is 11.6 Å². The molecule has 1 saturated carbocycles. The maximum atomic E-state index is 4.65. The van der Waals surface area contributed by atoms with Crippen LogP contribution in [0.15, 0.2) is 54.9 Å². The minimum atomic E-state index is 0.560. The molecule has 0 saturated heterocycles. The van der Waals surface area contributed by atoms with Crippen LogP contribution in [-0.4, -0.2) is 31.2 Å². The molecule has 0 bridgehead atoms. The zero-order chi connectivity index (χ0) is 18.1. The van der Waals surface area contributed by atoms with E-state index >= 15 is 0 Å². The molecule has 0 atom stereocenters. The third-order valence-corrected chi connectivity index (χ3v) is 4.58. The Kier molecular flexibility index (Phi) is 3.90. The summed E-state index contributed by atoms with van der Waals surface area (Å²) in [6, 6.07) is 14.4. The van der Waals surface area contributed by atoms with Gasteiger partial charge in [-0.15, -0.1) is 10.2 Å². The molecule has 1 aliphatic rings. The van der Waals surface area contributed by atoms with Crippen molar-refractivity contribution in [2.24, 2.45) is 0 Å². The van der Waals surface area contributed by atoms with E-state index in [1.54, 1.807) is 6.20 Å². The molecule has 27 heavy (non-hydrogen) atoms. The predicted molar refractivity (Wildman–Crippen MR) is 105 cm³/mol. The van der Waals surface area contributed by atoms with Crippen molar-refractivity contribution in [3.8, 4) is 11.3 Å². The van der Waals surface area contributed by atoms with E-state index in [0.717, 1.165) is 39.6 Å². The van der Waals surface area contributed by atoms with E-state index in [-0.39, 0.29) is 0 Å². The van der Waals surface area contributed by atoms with Crippen LogP contribution in [-0.2, 0) is 6.54 Å². The number of H-pyrrole nitrogens is 1. The predicted octanol–water partition coefficient (Wildman–Crippen LogP) is 3.60. The molecule has 3 N–H and O–H groups in total. The minimum Gasteiger partial charge on any atom is -0.366 e. The summed E-state index contributed by atoms with van der Waals surface area (Å²) in [6.07, 6.45) is 6.10. The highest BCUT2D eigenvalue weighted by Gasteiger charge is 2.21. The molecule has 0 spiro atoms. The highest BCUT2D eigenvalue weighted by molar-refractivity contribution is 5.93. The number of nitrogens with zero attached hydrogens (tertiary/aromatic N) is 4. The van der Waals surface area contributed by atoms with Crippen LogP contribution >= 0.6 is 0 Å². The molecular formula is C20H19N7. The molecule has 134 valence electrons. The normalized spacial score (nSPS) is 13.6. The average molecular weight is 357 g/mol. The molecule has 7 nitrogen and oxygen atoms in total. The Morgan fingerprint density at radius 2 is 2.00 bits per heavy atom. The third kappa shape index (κ3) is 3.44. The highest BCUT2D eigenvalue weighted by atomic mass is 15.2. The summed E-state index contributed by atoms with van der Waals surface area (Å²) in [7, 11) is 0. The number of hydrogen-bond acceptors (Lipinski definition) is 6. The van der Waals surface area contributed by atoms with Gasteiger partial charge in [0.25, 0.3) is 0 Å². The molecule has 4 heterocycles. The van der Waals surface area contributed by atoms with Crippen LogP contribution in [0.25, 0.3) is 22.3 Å². The van der Waals surface area contributed by atoms with Gasteiger partial charge in [-0.2, -0.15) is 0 Å². The Labute approximate surface area is 156 Å². The second kappa shape index (κ2) is 6.68. The third-order valence-electron chi connectivity index (χ3n) is 4.58. The molecular weight excluding hydrogens is 338 g/mol. The largest absolute Gasteiger partial charge is 0.366 e. The molecule has 0 aromatic carbocycles. The van der Waals surface area contributed by atoms with Crippen LogP contribution in [0.1, 0.15) is 18.5 Å². The molecule has 0 aliphatic heterocycles. The molecule has 0 radical (unpaired) electrons. The summed E-state index contributed by atoms with van der Waals surface area (Å²) in [6.45, 7) is 0.607. The van der Waals surface area contributed by atoms with Gasteiger partial charge in [0, 0.05) is 29.4 Å². The van der Waals surface area contributed by atoms with Gasteiger partial charge in [-0.3, -0.25) is 4.98 Å². The number of anilines is 2. The summed E-state index contributed by atoms with van der Waals surface area (Å²) >= 11 is 0. The van der Waals surface area contributed by atoms with E-state index in [0.29, 0.717) is 12.6 Å². The van der Waals surface area contributed by atoms with Gasteiger partial charge in [0.05, 0.1) is 17.9 Å². The Bertz CT molecular complexity index is 1050. The second-order valence-electron chi connectivity index (χ2n) is 6.69. The van der Waals surface area contributed by atoms with Crippen molar-refractivity contribution in [2.75, 3.05) is 10.6 Å². The topological polar surface area (TPSA) is 91.4 Å². The standard InChI is InChI=1S/C20H19N7/c1-2-9-21-14(3-1)12-23-19-11-16(15-8-10-22-20(15)25-19)17-6-7-18(27-26-17)24-13-4-5-13/h1-3,6-11,13H,4-5,12H2,(H,24,27)(H2,22,23,25). The molecule has 1 aliphatic carbocycles. The SMILES string of the molecule is c1ccc(CNc2cc(-c3ccc(NC4CC4)nn3)c3cc[nH]c3n2)nc1. The first-order valence-electron chi connectivity index (χ1n) is 9.08. The van der Waals surface area contributed by atoms with E-state index in [1.165, 1.54) is 12.8 Å². The Hall–Kier alpha value is -3.48. The molecule has 4 aromatic rings. The van der Waals surface area contributed by atoms with E-state index < -0.39 is 0 Å². The van der Waals surface area contributed by atoms with Crippen molar-refractivity contribution in [3.05, 3.63) is 60.6 Å². The summed E-state index contributed by atoms with van der Waals surface area (Å²) in [5.74, 6) is 1.60. The van der Waals surface area contributed by atoms with Gasteiger partial charge < -0.3 is 15.6 Å². The Morgan fingerprint density at radius 3 is 2.78 bits per heavy atom. The molecule has 4 aromatic heterocycles. The fourth-order valence-corrected chi connectivity index (χ4v) is 3.01. The van der Waals surface area contributed by atoms with Gasteiger partial charge in [0.15, 0.2) is 0 Å². The maximum absolute atomic E-state index is 4.65. The molecule has 5 rings (SSSR count). The highest BCUT2D eigenvalue weighted by Crippen LogP contribution is 2.29. The van der Waals surface area contributed by atoms with Gasteiger partial charge >= 0.3 is 0 Å². The lowest BCUT2D eigenvalue weighted by atomic mass is 10.1. The van der Waals surface area contributed by atoms with Crippen molar-refractivity contribution >= 4 is 22.7 Å². The number of rotatable bonds is 6. The van der Waals surface area contributed by atoms with E-state index in [1.807, 2.05) is 48.7 Å². The van der Waals surface area contributed by atoms with Crippen LogP contribution in [0, 0.1) is 0 Å². The summed E-state index contributed by atoms with van der Waals surface area (Å²) in [4.78, 5) is 12.2. The van der Waals surface area contributed by atoms with E-state index in [9.17, 15) is 0 Å². The lowest BCUT2D eigenvalue weighted by molar-refractivity contribution is 1.00. The van der Waals surface area contributed by atoms with Crippen LogP contribution in [0.3, 0.4) is 0 Å². The molecule has 7 heteroatoms. The van der Waals surface area contributed by atoms with Crippen molar-refractivity contribution < 1.29 is 0 Å². The Morgan fingerprint density at radius 1 is 1.04 bits per heavy atom. The Balaban J connectivity index is 1.44. The van der Waals surface area contributed by atoms with E-state index in [2.05, 4.69) is 35.8 Å². The van der Waals surface area contributed by atoms with Gasteiger partial charge in [0.1, 0.15) is 17.3 Å². The fraction of sp³-hybridized carbons (Fsp3) is 0.200. The number of aromatic nitrogens is 5. The number of hydrogen-bond donors (Lipinski definition) is 3. The van der Waals surface area contributed by atoms with Crippen LogP contribution < -0.4 is 10.6 Å². The summed E-state index contributed by atoms with van der Waals surface area (Å²) < 4.78 is 0. The minimum absolute atomic E-state index is 0.560. The van der Waals surface area contributed by atoms with Crippen LogP contribution in [0.5, 0.6) is 0 Å². The van der Waals surface area contributed by atoms with Crippen LogP contribution in [0.2, 0.25) is 0 Å². The van der Waals surface area contributed by atoms with Gasteiger partial charge in [-0.1, -0.05) is 6.07 Å². The maximum Gasteiger partial charge on any atom is 0.148 e. The first kappa shape index (κ1) is 15.7. The number of nitrogens with one attached hydrogen (secondary N) is 3. The lowest BCUT2D eigenvalue weighted by Crippen LogP contribution is -2.05. The number of aromatic amines is 1. The first-order chi connectivity index (χ1) is 13.3. The lowest BCUT2D eigenvalue weighted by Gasteiger charge is -2.09. The quantitative estimate of drug-likeness (QED) is 0.488. The summed E-state index contributed by atoms with van der Waals surface area (Å²) in [5, 5.41) is 16.5. The van der Waals surface area contributed by atoms with Crippen molar-refractivity contribution in [1.82, 2.24) is 25.1 Å². The van der Waals surface area contributed by atoms with Crippen molar-refractivity contribution in [3.63, 3.8) is 0 Å². The zero-order valence-electron chi connectivity index (χ0n) is 14.7. The number of pyridine rings is 2. The summed E-state index contributed by atoms with van der Waals surface area (Å²) in [5.41, 5.74) is 3.60. The van der Waals surface area contributed by atoms with Crippen molar-refractivity contribution in [2.45, 2.75) is 25.4 Å². The second-order valence-corrected chi connectivity index (χ2v) is 6.69. The van der Waals surface area contributed by atoms with Gasteiger partial charge in [0.2, 0.25) is 0 Å². The average Bonchev–Trinajstić information content (AvgIpc) is 3.40. The molecule has 1 fully saturated rings.